The fraction of sp³-hybridized carbons (Fsp3) is 0.100. The summed E-state index contributed by atoms with van der Waals surface area (Å²) in [6.45, 7) is 0. The molecular formula is C10H9N3OS. The summed E-state index contributed by atoms with van der Waals surface area (Å²) >= 11 is 4.80. The largest absolute Gasteiger partial charge is 0.338 e. The van der Waals surface area contributed by atoms with Crippen molar-refractivity contribution in [2.45, 2.75) is 6.42 Å². The lowest BCUT2D eigenvalue weighted by atomic mass is 10.2. The first kappa shape index (κ1) is 9.79. The van der Waals surface area contributed by atoms with Gasteiger partial charge in [-0.1, -0.05) is 6.07 Å². The van der Waals surface area contributed by atoms with E-state index < -0.39 is 0 Å². The number of pyridine rings is 1. The van der Waals surface area contributed by atoms with Gasteiger partial charge in [-0.05, 0) is 24.4 Å². The van der Waals surface area contributed by atoms with Gasteiger partial charge >= 0.3 is 0 Å². The van der Waals surface area contributed by atoms with Crippen molar-refractivity contribution in [1.29, 1.82) is 0 Å². The first-order valence-corrected chi connectivity index (χ1v) is 4.87. The first-order valence-electron chi connectivity index (χ1n) is 4.46. The minimum Gasteiger partial charge on any atom is -0.338 e. The third kappa shape index (κ3) is 2.38. The van der Waals surface area contributed by atoms with Crippen LogP contribution in [0.15, 0.2) is 35.4 Å². The van der Waals surface area contributed by atoms with E-state index in [0.717, 1.165) is 5.69 Å². The molecule has 76 valence electrons. The Kier molecular flexibility index (Phi) is 2.73. The van der Waals surface area contributed by atoms with E-state index in [1.807, 2.05) is 18.2 Å². The topological polar surface area (TPSA) is 61.5 Å². The number of aromatic nitrogens is 3. The molecule has 0 saturated carbocycles. The van der Waals surface area contributed by atoms with Crippen LogP contribution in [0.5, 0.6) is 0 Å². The van der Waals surface area contributed by atoms with Crippen LogP contribution in [0.25, 0.3) is 0 Å². The lowest BCUT2D eigenvalue weighted by molar-refractivity contribution is 0.980. The van der Waals surface area contributed by atoms with Crippen molar-refractivity contribution in [3.8, 4) is 0 Å². The molecular weight excluding hydrogens is 210 g/mol. The molecule has 0 aliphatic carbocycles. The molecule has 0 saturated heterocycles. The van der Waals surface area contributed by atoms with Gasteiger partial charge < -0.3 is 4.98 Å². The van der Waals surface area contributed by atoms with E-state index in [-0.39, 0.29) is 5.56 Å². The number of aromatic amines is 2. The Morgan fingerprint density at radius 3 is 2.93 bits per heavy atom. The molecule has 0 aliphatic rings. The molecule has 0 aliphatic heterocycles. The summed E-state index contributed by atoms with van der Waals surface area (Å²) < 4.78 is 0.338. The zero-order chi connectivity index (χ0) is 10.7. The highest BCUT2D eigenvalue weighted by Gasteiger charge is 2.01. The Bertz CT molecular complexity index is 559. The number of rotatable bonds is 2. The number of hydrogen-bond donors (Lipinski definition) is 2. The summed E-state index contributed by atoms with van der Waals surface area (Å²) in [5.41, 5.74) is 1.32. The van der Waals surface area contributed by atoms with Crippen LogP contribution in [-0.4, -0.2) is 15.0 Å². The lowest BCUT2D eigenvalue weighted by Gasteiger charge is -1.98. The number of hydrogen-bond acceptors (Lipinski definition) is 3. The highest BCUT2D eigenvalue weighted by Crippen LogP contribution is 2.00. The Balaban J connectivity index is 2.33. The molecule has 2 N–H and O–H groups in total. The smallest absolute Gasteiger partial charge is 0.255 e. The van der Waals surface area contributed by atoms with Crippen LogP contribution in [0.2, 0.25) is 0 Å². The summed E-state index contributed by atoms with van der Waals surface area (Å²) in [6, 6.07) is 5.61. The minimum absolute atomic E-state index is 0.163. The van der Waals surface area contributed by atoms with E-state index in [0.29, 0.717) is 16.8 Å². The minimum atomic E-state index is -0.163. The number of nitrogens with zero attached hydrogens (tertiary/aromatic N) is 1. The molecule has 0 unspecified atom stereocenters. The van der Waals surface area contributed by atoms with Crippen LogP contribution < -0.4 is 5.56 Å². The van der Waals surface area contributed by atoms with Gasteiger partial charge in [0, 0.05) is 30.1 Å². The normalized spacial score (nSPS) is 10.1. The van der Waals surface area contributed by atoms with Crippen LogP contribution in [0.1, 0.15) is 11.3 Å². The third-order valence-corrected chi connectivity index (χ3v) is 2.21. The third-order valence-electron chi connectivity index (χ3n) is 1.99. The van der Waals surface area contributed by atoms with Crippen LogP contribution in [0, 0.1) is 4.77 Å². The van der Waals surface area contributed by atoms with Crippen LogP contribution >= 0.6 is 12.2 Å². The van der Waals surface area contributed by atoms with Gasteiger partial charge in [0.1, 0.15) is 0 Å². The second-order valence-electron chi connectivity index (χ2n) is 3.10. The molecule has 2 aromatic rings. The Morgan fingerprint density at radius 2 is 2.27 bits per heavy atom. The Labute approximate surface area is 91.0 Å². The number of H-pyrrole nitrogens is 2. The second-order valence-corrected chi connectivity index (χ2v) is 3.50. The van der Waals surface area contributed by atoms with E-state index in [4.69, 9.17) is 12.2 Å². The van der Waals surface area contributed by atoms with Gasteiger partial charge in [-0.25, -0.2) is 0 Å². The zero-order valence-electron chi connectivity index (χ0n) is 7.86. The summed E-state index contributed by atoms with van der Waals surface area (Å²) in [7, 11) is 0. The van der Waals surface area contributed by atoms with E-state index in [2.05, 4.69) is 15.0 Å². The van der Waals surface area contributed by atoms with Crippen molar-refractivity contribution < 1.29 is 0 Å². The first-order chi connectivity index (χ1) is 7.25. The summed E-state index contributed by atoms with van der Waals surface area (Å²) in [5, 5.41) is 0. The molecule has 4 nitrogen and oxygen atoms in total. The van der Waals surface area contributed by atoms with Gasteiger partial charge in [0.05, 0.1) is 0 Å². The van der Waals surface area contributed by atoms with Crippen molar-refractivity contribution in [3.05, 3.63) is 57.0 Å². The average molecular weight is 219 g/mol. The monoisotopic (exact) mass is 219 g/mol. The van der Waals surface area contributed by atoms with Gasteiger partial charge in [0.2, 0.25) is 0 Å². The average Bonchev–Trinajstić information content (AvgIpc) is 2.24. The van der Waals surface area contributed by atoms with Crippen molar-refractivity contribution in [2.24, 2.45) is 0 Å². The van der Waals surface area contributed by atoms with E-state index in [9.17, 15) is 4.79 Å². The molecule has 5 heteroatoms. The van der Waals surface area contributed by atoms with Crippen molar-refractivity contribution in [2.75, 3.05) is 0 Å². The molecule has 0 aromatic carbocycles. The fourth-order valence-corrected chi connectivity index (χ4v) is 1.42. The van der Waals surface area contributed by atoms with Crippen molar-refractivity contribution >= 4 is 12.2 Å². The van der Waals surface area contributed by atoms with Gasteiger partial charge in [-0.15, -0.1) is 0 Å². The van der Waals surface area contributed by atoms with E-state index >= 15 is 0 Å². The maximum Gasteiger partial charge on any atom is 0.255 e. The van der Waals surface area contributed by atoms with Gasteiger partial charge in [-0.3, -0.25) is 14.8 Å². The summed E-state index contributed by atoms with van der Waals surface area (Å²) in [6.07, 6.45) is 3.83. The molecule has 0 radical (unpaired) electrons. The molecule has 15 heavy (non-hydrogen) atoms. The fourth-order valence-electron chi connectivity index (χ4n) is 1.27. The van der Waals surface area contributed by atoms with E-state index in [1.54, 1.807) is 12.4 Å². The van der Waals surface area contributed by atoms with Crippen LogP contribution in [0.3, 0.4) is 0 Å². The SMILES string of the molecule is O=c1[nH]c(=S)[nH]cc1Cc1ccccn1. The molecule has 0 atom stereocenters. The molecule has 0 spiro atoms. The quantitative estimate of drug-likeness (QED) is 0.751. The summed E-state index contributed by atoms with van der Waals surface area (Å²) in [5.74, 6) is 0. The predicted octanol–water partition coefficient (Wildman–Crippen LogP) is 1.42. The molecule has 2 heterocycles. The summed E-state index contributed by atoms with van der Waals surface area (Å²) in [4.78, 5) is 20.9. The molecule has 2 rings (SSSR count). The Morgan fingerprint density at radius 1 is 1.40 bits per heavy atom. The molecule has 0 bridgehead atoms. The highest BCUT2D eigenvalue weighted by molar-refractivity contribution is 7.71. The lowest BCUT2D eigenvalue weighted by Crippen LogP contribution is -2.14. The van der Waals surface area contributed by atoms with E-state index in [1.165, 1.54) is 0 Å². The number of nitrogens with one attached hydrogen (secondary N) is 2. The van der Waals surface area contributed by atoms with Gasteiger partial charge in [0.25, 0.3) is 5.56 Å². The maximum atomic E-state index is 11.5. The molecule has 0 fully saturated rings. The molecule has 0 amide bonds. The van der Waals surface area contributed by atoms with Gasteiger partial charge in [-0.2, -0.15) is 0 Å². The molecule has 2 aromatic heterocycles. The van der Waals surface area contributed by atoms with Crippen molar-refractivity contribution in [1.82, 2.24) is 15.0 Å². The predicted molar refractivity (Wildman–Crippen MR) is 59.3 cm³/mol. The van der Waals surface area contributed by atoms with Crippen LogP contribution in [-0.2, 0) is 6.42 Å². The standard InChI is InChI=1S/C10H9N3OS/c14-9-7(6-12-10(15)13-9)5-8-3-1-2-4-11-8/h1-4,6H,5H2,(H2,12,13,14,15). The highest BCUT2D eigenvalue weighted by atomic mass is 32.1. The zero-order valence-corrected chi connectivity index (χ0v) is 8.67. The van der Waals surface area contributed by atoms with Gasteiger partial charge in [0.15, 0.2) is 4.77 Å². The Hall–Kier alpha value is -1.75. The maximum absolute atomic E-state index is 11.5. The second kappa shape index (κ2) is 4.18. The van der Waals surface area contributed by atoms with Crippen molar-refractivity contribution in [3.63, 3.8) is 0 Å². The van der Waals surface area contributed by atoms with Crippen LogP contribution in [0.4, 0.5) is 0 Å².